The predicted molar refractivity (Wildman–Crippen MR) is 65.6 cm³/mol. The van der Waals surface area contributed by atoms with Gasteiger partial charge in [0.25, 0.3) is 0 Å². The summed E-state index contributed by atoms with van der Waals surface area (Å²) in [4.78, 5) is 22.9. The monoisotopic (exact) mass is 265 g/mol. The van der Waals surface area contributed by atoms with Crippen LogP contribution in [0.4, 0.5) is 10.2 Å². The Morgan fingerprint density at radius 3 is 3.05 bits per heavy atom. The third-order valence-electron chi connectivity index (χ3n) is 2.37. The first kappa shape index (κ1) is 12.9. The van der Waals surface area contributed by atoms with Crippen molar-refractivity contribution in [2.24, 2.45) is 0 Å². The van der Waals surface area contributed by atoms with Crippen LogP contribution in [0.3, 0.4) is 0 Å². The van der Waals surface area contributed by atoms with Crippen molar-refractivity contribution >= 4 is 23.0 Å². The number of nitrogen functional groups attached to an aromatic ring is 1. The molecule has 0 saturated carbocycles. The fraction of sp³-hybridized carbons (Fsp3) is 0.273. The number of carbonyl (C=O) groups excluding carboxylic acids is 1. The van der Waals surface area contributed by atoms with E-state index in [0.717, 1.165) is 6.08 Å². The van der Waals surface area contributed by atoms with E-state index < -0.39 is 11.8 Å². The standard InChI is InChI=1S/C11H12FN5O2/c1-2-19-11(18)7(12)3-4-17-6-16-8-9(13)14-5-15-10(8)17/h3,5-6H,2,4H2,1H3,(H2,13,14,15)/b7-3-. The smallest absolute Gasteiger partial charge is 0.366 e. The number of nitrogens with zero attached hydrogens (tertiary/aromatic N) is 4. The van der Waals surface area contributed by atoms with Crippen LogP contribution in [0.15, 0.2) is 24.6 Å². The summed E-state index contributed by atoms with van der Waals surface area (Å²) < 4.78 is 19.4. The highest BCUT2D eigenvalue weighted by molar-refractivity contribution is 5.86. The van der Waals surface area contributed by atoms with E-state index in [1.807, 2.05) is 0 Å². The van der Waals surface area contributed by atoms with Crippen LogP contribution in [0.2, 0.25) is 0 Å². The fourth-order valence-electron chi connectivity index (χ4n) is 1.49. The number of imidazole rings is 1. The Hall–Kier alpha value is -2.51. The number of aromatic nitrogens is 4. The molecule has 0 unspecified atom stereocenters. The zero-order valence-corrected chi connectivity index (χ0v) is 10.2. The Balaban J connectivity index is 2.21. The molecule has 2 heterocycles. The summed E-state index contributed by atoms with van der Waals surface area (Å²) in [6.45, 7) is 1.82. The lowest BCUT2D eigenvalue weighted by molar-refractivity contribution is -0.140. The molecule has 0 aliphatic heterocycles. The topological polar surface area (TPSA) is 95.9 Å². The summed E-state index contributed by atoms with van der Waals surface area (Å²) in [6.07, 6.45) is 3.84. The number of hydrogen-bond acceptors (Lipinski definition) is 6. The first-order valence-electron chi connectivity index (χ1n) is 5.57. The van der Waals surface area contributed by atoms with E-state index in [-0.39, 0.29) is 19.0 Å². The van der Waals surface area contributed by atoms with Gasteiger partial charge in [0.2, 0.25) is 5.83 Å². The maximum atomic E-state index is 13.4. The molecule has 8 heteroatoms. The molecule has 0 spiro atoms. The highest BCUT2D eigenvalue weighted by atomic mass is 19.1. The molecule has 0 atom stereocenters. The molecule has 0 amide bonds. The SMILES string of the molecule is CCOC(=O)/C(F)=C/Cn1cnc2c(N)ncnc21. The van der Waals surface area contributed by atoms with E-state index in [4.69, 9.17) is 5.73 Å². The second-order valence-electron chi connectivity index (χ2n) is 3.60. The number of rotatable bonds is 4. The van der Waals surface area contributed by atoms with Crippen molar-refractivity contribution in [2.45, 2.75) is 13.5 Å². The predicted octanol–water partition coefficient (Wildman–Crippen LogP) is 0.825. The van der Waals surface area contributed by atoms with Gasteiger partial charge in [0.15, 0.2) is 11.5 Å². The molecule has 0 fully saturated rings. The van der Waals surface area contributed by atoms with Gasteiger partial charge in [-0.15, -0.1) is 0 Å². The van der Waals surface area contributed by atoms with Crippen molar-refractivity contribution in [1.29, 1.82) is 0 Å². The van der Waals surface area contributed by atoms with Crippen LogP contribution in [-0.2, 0) is 16.1 Å². The number of carbonyl (C=O) groups is 1. The average Bonchev–Trinajstić information content (AvgIpc) is 2.81. The fourth-order valence-corrected chi connectivity index (χ4v) is 1.49. The van der Waals surface area contributed by atoms with Crippen LogP contribution in [0.1, 0.15) is 6.92 Å². The van der Waals surface area contributed by atoms with E-state index in [1.165, 1.54) is 12.7 Å². The maximum Gasteiger partial charge on any atom is 0.366 e. The van der Waals surface area contributed by atoms with Gasteiger partial charge in [-0.05, 0) is 13.0 Å². The van der Waals surface area contributed by atoms with Crippen LogP contribution >= 0.6 is 0 Å². The summed E-state index contributed by atoms with van der Waals surface area (Å²) >= 11 is 0. The summed E-state index contributed by atoms with van der Waals surface area (Å²) in [5, 5.41) is 0. The molecule has 0 bridgehead atoms. The van der Waals surface area contributed by atoms with Crippen LogP contribution in [0, 0.1) is 0 Å². The zero-order chi connectivity index (χ0) is 13.8. The number of ether oxygens (including phenoxy) is 1. The molecule has 2 aromatic heterocycles. The molecule has 2 N–H and O–H groups in total. The third kappa shape index (κ3) is 2.67. The molecular weight excluding hydrogens is 253 g/mol. The Morgan fingerprint density at radius 2 is 2.32 bits per heavy atom. The molecule has 0 aromatic carbocycles. The van der Waals surface area contributed by atoms with E-state index in [1.54, 1.807) is 11.5 Å². The van der Waals surface area contributed by atoms with Gasteiger partial charge in [-0.2, -0.15) is 4.39 Å². The van der Waals surface area contributed by atoms with E-state index >= 15 is 0 Å². The molecule has 19 heavy (non-hydrogen) atoms. The Labute approximate surface area is 107 Å². The molecule has 0 aliphatic rings. The molecule has 0 saturated heterocycles. The molecular formula is C11H12FN5O2. The van der Waals surface area contributed by atoms with Gasteiger partial charge >= 0.3 is 5.97 Å². The molecule has 100 valence electrons. The summed E-state index contributed by atoms with van der Waals surface area (Å²) in [7, 11) is 0. The second kappa shape index (κ2) is 5.42. The van der Waals surface area contributed by atoms with E-state index in [9.17, 15) is 9.18 Å². The molecule has 7 nitrogen and oxygen atoms in total. The van der Waals surface area contributed by atoms with Crippen LogP contribution in [0.5, 0.6) is 0 Å². The maximum absolute atomic E-state index is 13.4. The van der Waals surface area contributed by atoms with Gasteiger partial charge in [-0.25, -0.2) is 19.7 Å². The van der Waals surface area contributed by atoms with Crippen molar-refractivity contribution < 1.29 is 13.9 Å². The first-order valence-corrected chi connectivity index (χ1v) is 5.57. The van der Waals surface area contributed by atoms with Gasteiger partial charge in [0.05, 0.1) is 12.9 Å². The summed E-state index contributed by atoms with van der Waals surface area (Å²) in [5.41, 5.74) is 6.53. The van der Waals surface area contributed by atoms with Crippen LogP contribution < -0.4 is 5.73 Å². The summed E-state index contributed by atoms with van der Waals surface area (Å²) in [6, 6.07) is 0. The van der Waals surface area contributed by atoms with Crippen LogP contribution in [0.25, 0.3) is 11.2 Å². The lowest BCUT2D eigenvalue weighted by atomic mass is 10.4. The molecule has 0 radical (unpaired) electrons. The van der Waals surface area contributed by atoms with Crippen molar-refractivity contribution in [3.05, 3.63) is 24.6 Å². The van der Waals surface area contributed by atoms with E-state index in [2.05, 4.69) is 19.7 Å². The van der Waals surface area contributed by atoms with Gasteiger partial charge < -0.3 is 15.0 Å². The number of anilines is 1. The highest BCUT2D eigenvalue weighted by Crippen LogP contribution is 2.14. The lowest BCUT2D eigenvalue weighted by Gasteiger charge is -2.01. The number of esters is 1. The van der Waals surface area contributed by atoms with Crippen molar-refractivity contribution in [1.82, 2.24) is 19.5 Å². The van der Waals surface area contributed by atoms with Gasteiger partial charge in [-0.3, -0.25) is 0 Å². The van der Waals surface area contributed by atoms with E-state index in [0.29, 0.717) is 11.2 Å². The number of fused-ring (bicyclic) bond motifs is 1. The highest BCUT2D eigenvalue weighted by Gasteiger charge is 2.10. The Kier molecular flexibility index (Phi) is 3.69. The molecule has 0 aliphatic carbocycles. The average molecular weight is 265 g/mol. The number of hydrogen-bond donors (Lipinski definition) is 1. The minimum atomic E-state index is -0.985. The number of nitrogens with two attached hydrogens (primary N) is 1. The summed E-state index contributed by atoms with van der Waals surface area (Å²) in [5.74, 6) is -1.69. The van der Waals surface area contributed by atoms with Crippen LogP contribution in [-0.4, -0.2) is 32.1 Å². The minimum absolute atomic E-state index is 0.0948. The van der Waals surface area contributed by atoms with Gasteiger partial charge in [0, 0.05) is 6.54 Å². The van der Waals surface area contributed by atoms with Crippen molar-refractivity contribution in [3.63, 3.8) is 0 Å². The van der Waals surface area contributed by atoms with Gasteiger partial charge in [0.1, 0.15) is 11.8 Å². The Bertz CT molecular complexity index is 637. The number of halogens is 1. The first-order chi connectivity index (χ1) is 9.13. The largest absolute Gasteiger partial charge is 0.461 e. The second-order valence-corrected chi connectivity index (χ2v) is 3.60. The quantitative estimate of drug-likeness (QED) is 0.649. The van der Waals surface area contributed by atoms with Gasteiger partial charge in [-0.1, -0.05) is 0 Å². The Morgan fingerprint density at radius 1 is 1.53 bits per heavy atom. The minimum Gasteiger partial charge on any atom is -0.461 e. The lowest BCUT2D eigenvalue weighted by Crippen LogP contribution is -2.05. The van der Waals surface area contributed by atoms with Crippen molar-refractivity contribution in [3.8, 4) is 0 Å². The third-order valence-corrected chi connectivity index (χ3v) is 2.37. The van der Waals surface area contributed by atoms with Crippen molar-refractivity contribution in [2.75, 3.05) is 12.3 Å². The normalized spacial score (nSPS) is 11.8. The number of allylic oxidation sites excluding steroid dienone is 1. The molecule has 2 aromatic rings. The molecule has 2 rings (SSSR count). The zero-order valence-electron chi connectivity index (χ0n) is 10.2.